The monoisotopic (exact) mass is 400 g/mol. The second-order valence-electron chi connectivity index (χ2n) is 5.85. The Morgan fingerprint density at radius 3 is 2.46 bits per heavy atom. The summed E-state index contributed by atoms with van der Waals surface area (Å²) in [7, 11) is -3.88. The van der Waals surface area contributed by atoms with E-state index in [1.807, 2.05) is 0 Å². The SMILES string of the molecule is O=C(Nc1ccc(F)c(F)c1)[C@@H]1CCCN1S(=O)(=O)c1ccc(Cl)cc1. The summed E-state index contributed by atoms with van der Waals surface area (Å²) in [6.45, 7) is 0.195. The quantitative estimate of drug-likeness (QED) is 0.855. The number of nitrogens with zero attached hydrogens (tertiary/aromatic N) is 1. The van der Waals surface area contributed by atoms with Gasteiger partial charge in [-0.3, -0.25) is 4.79 Å². The van der Waals surface area contributed by atoms with Crippen LogP contribution in [0.25, 0.3) is 0 Å². The van der Waals surface area contributed by atoms with Gasteiger partial charge in [-0.15, -0.1) is 0 Å². The number of hydrogen-bond donors (Lipinski definition) is 1. The van der Waals surface area contributed by atoms with Gasteiger partial charge >= 0.3 is 0 Å². The molecule has 1 aliphatic rings. The molecule has 5 nitrogen and oxygen atoms in total. The minimum absolute atomic E-state index is 0.0365. The van der Waals surface area contributed by atoms with Gasteiger partial charge in [0.1, 0.15) is 6.04 Å². The van der Waals surface area contributed by atoms with Crippen LogP contribution < -0.4 is 5.32 Å². The predicted molar refractivity (Wildman–Crippen MR) is 93.4 cm³/mol. The molecule has 0 aromatic heterocycles. The van der Waals surface area contributed by atoms with Gasteiger partial charge in [-0.05, 0) is 49.2 Å². The maximum absolute atomic E-state index is 13.3. The highest BCUT2D eigenvalue weighted by atomic mass is 35.5. The van der Waals surface area contributed by atoms with Gasteiger partial charge in [0.2, 0.25) is 15.9 Å². The van der Waals surface area contributed by atoms with Crippen LogP contribution in [0.4, 0.5) is 14.5 Å². The first-order valence-electron chi connectivity index (χ1n) is 7.82. The van der Waals surface area contributed by atoms with Crippen LogP contribution >= 0.6 is 11.6 Å². The third-order valence-corrected chi connectivity index (χ3v) is 6.29. The molecule has 0 bridgehead atoms. The highest BCUT2D eigenvalue weighted by molar-refractivity contribution is 7.89. The summed E-state index contributed by atoms with van der Waals surface area (Å²) < 4.78 is 53.0. The number of anilines is 1. The molecule has 0 spiro atoms. The zero-order chi connectivity index (χ0) is 18.9. The number of carbonyl (C=O) groups excluding carboxylic acids is 1. The van der Waals surface area contributed by atoms with Crippen molar-refractivity contribution in [2.24, 2.45) is 0 Å². The highest BCUT2D eigenvalue weighted by Crippen LogP contribution is 2.28. The molecular formula is C17H15ClF2N2O3S. The van der Waals surface area contributed by atoms with Crippen molar-refractivity contribution in [1.82, 2.24) is 4.31 Å². The third kappa shape index (κ3) is 3.72. The molecule has 1 amide bonds. The van der Waals surface area contributed by atoms with E-state index in [0.717, 1.165) is 16.4 Å². The number of benzene rings is 2. The average Bonchev–Trinajstić information content (AvgIpc) is 3.09. The number of hydrogen-bond acceptors (Lipinski definition) is 3. The first kappa shape index (κ1) is 18.8. The van der Waals surface area contributed by atoms with Gasteiger partial charge in [-0.1, -0.05) is 11.6 Å². The van der Waals surface area contributed by atoms with Gasteiger partial charge in [0.15, 0.2) is 11.6 Å². The lowest BCUT2D eigenvalue weighted by atomic mass is 10.2. The van der Waals surface area contributed by atoms with Gasteiger partial charge in [0, 0.05) is 23.3 Å². The second kappa shape index (κ2) is 7.30. The molecule has 9 heteroatoms. The second-order valence-corrected chi connectivity index (χ2v) is 8.17. The molecule has 3 rings (SSSR count). The molecule has 0 aliphatic carbocycles. The van der Waals surface area contributed by atoms with Crippen molar-refractivity contribution in [1.29, 1.82) is 0 Å². The number of carbonyl (C=O) groups is 1. The Morgan fingerprint density at radius 2 is 1.81 bits per heavy atom. The number of rotatable bonds is 4. The molecule has 1 N–H and O–H groups in total. The Kier molecular flexibility index (Phi) is 5.27. The summed E-state index contributed by atoms with van der Waals surface area (Å²) >= 11 is 5.78. The van der Waals surface area contributed by atoms with E-state index in [-0.39, 0.29) is 17.1 Å². The lowest BCUT2D eigenvalue weighted by molar-refractivity contribution is -0.119. The molecule has 1 atom stereocenters. The van der Waals surface area contributed by atoms with Crippen molar-refractivity contribution in [2.45, 2.75) is 23.8 Å². The summed E-state index contributed by atoms with van der Waals surface area (Å²) in [5.74, 6) is -2.72. The topological polar surface area (TPSA) is 66.5 Å². The summed E-state index contributed by atoms with van der Waals surface area (Å²) in [6.07, 6.45) is 0.852. The van der Waals surface area contributed by atoms with Crippen molar-refractivity contribution in [3.63, 3.8) is 0 Å². The fourth-order valence-corrected chi connectivity index (χ4v) is 4.61. The molecule has 2 aromatic rings. The molecule has 138 valence electrons. The van der Waals surface area contributed by atoms with Crippen LogP contribution in [-0.4, -0.2) is 31.2 Å². The minimum Gasteiger partial charge on any atom is -0.325 e. The lowest BCUT2D eigenvalue weighted by Gasteiger charge is -2.23. The van der Waals surface area contributed by atoms with E-state index < -0.39 is 33.6 Å². The van der Waals surface area contributed by atoms with Crippen LogP contribution in [0.3, 0.4) is 0 Å². The summed E-state index contributed by atoms with van der Waals surface area (Å²) in [5.41, 5.74) is 0.0599. The average molecular weight is 401 g/mol. The number of nitrogens with one attached hydrogen (secondary N) is 1. The molecule has 1 heterocycles. The molecule has 1 aliphatic heterocycles. The fraction of sp³-hybridized carbons (Fsp3) is 0.235. The Labute approximate surface area is 154 Å². The van der Waals surface area contributed by atoms with Crippen molar-refractivity contribution in [3.05, 3.63) is 59.1 Å². The van der Waals surface area contributed by atoms with E-state index in [1.165, 1.54) is 30.3 Å². The molecule has 0 unspecified atom stereocenters. The fourth-order valence-electron chi connectivity index (χ4n) is 2.83. The molecular weight excluding hydrogens is 386 g/mol. The molecule has 1 saturated heterocycles. The van der Waals surface area contributed by atoms with Crippen molar-refractivity contribution >= 4 is 33.2 Å². The number of sulfonamides is 1. The van der Waals surface area contributed by atoms with E-state index in [1.54, 1.807) is 0 Å². The Balaban J connectivity index is 1.81. The largest absolute Gasteiger partial charge is 0.325 e. The van der Waals surface area contributed by atoms with E-state index in [0.29, 0.717) is 17.9 Å². The van der Waals surface area contributed by atoms with Crippen molar-refractivity contribution in [2.75, 3.05) is 11.9 Å². The maximum Gasteiger partial charge on any atom is 0.243 e. The van der Waals surface area contributed by atoms with Crippen LogP contribution in [-0.2, 0) is 14.8 Å². The van der Waals surface area contributed by atoms with Crippen LogP contribution in [0.2, 0.25) is 5.02 Å². The predicted octanol–water partition coefficient (Wildman–Crippen LogP) is 3.41. The van der Waals surface area contributed by atoms with E-state index in [9.17, 15) is 22.0 Å². The zero-order valence-corrected chi connectivity index (χ0v) is 15.0. The van der Waals surface area contributed by atoms with E-state index in [2.05, 4.69) is 5.32 Å². The summed E-state index contributed by atoms with van der Waals surface area (Å²) in [4.78, 5) is 12.5. The lowest BCUT2D eigenvalue weighted by Crippen LogP contribution is -2.43. The Bertz CT molecular complexity index is 936. The van der Waals surface area contributed by atoms with E-state index >= 15 is 0 Å². The van der Waals surface area contributed by atoms with Crippen LogP contribution in [0.5, 0.6) is 0 Å². The Morgan fingerprint density at radius 1 is 1.12 bits per heavy atom. The normalized spacial score (nSPS) is 18.0. The molecule has 0 saturated carbocycles. The van der Waals surface area contributed by atoms with Gasteiger partial charge in [0.25, 0.3) is 0 Å². The van der Waals surface area contributed by atoms with Crippen LogP contribution in [0, 0.1) is 11.6 Å². The van der Waals surface area contributed by atoms with Gasteiger partial charge in [0.05, 0.1) is 4.90 Å². The first-order chi connectivity index (χ1) is 12.3. The number of halogens is 3. The highest BCUT2D eigenvalue weighted by Gasteiger charge is 2.39. The molecule has 1 fully saturated rings. The number of amides is 1. The van der Waals surface area contributed by atoms with Gasteiger partial charge in [-0.2, -0.15) is 4.31 Å². The van der Waals surface area contributed by atoms with Crippen LogP contribution in [0.15, 0.2) is 47.4 Å². The summed E-state index contributed by atoms with van der Waals surface area (Å²) in [5, 5.41) is 2.84. The van der Waals surface area contributed by atoms with Crippen molar-refractivity contribution in [3.8, 4) is 0 Å². The summed E-state index contributed by atoms with van der Waals surface area (Å²) in [6, 6.07) is 7.69. The van der Waals surface area contributed by atoms with Crippen molar-refractivity contribution < 1.29 is 22.0 Å². The first-order valence-corrected chi connectivity index (χ1v) is 9.64. The van der Waals surface area contributed by atoms with Crippen LogP contribution in [0.1, 0.15) is 12.8 Å². The van der Waals surface area contributed by atoms with Gasteiger partial charge < -0.3 is 5.32 Å². The molecule has 2 aromatic carbocycles. The smallest absolute Gasteiger partial charge is 0.243 e. The minimum atomic E-state index is -3.88. The van der Waals surface area contributed by atoms with E-state index in [4.69, 9.17) is 11.6 Å². The third-order valence-electron chi connectivity index (χ3n) is 4.11. The molecule has 0 radical (unpaired) electrons. The molecule has 26 heavy (non-hydrogen) atoms. The maximum atomic E-state index is 13.3. The zero-order valence-electron chi connectivity index (χ0n) is 13.5. The van der Waals surface area contributed by atoms with Gasteiger partial charge in [-0.25, -0.2) is 17.2 Å². The Hall–Kier alpha value is -2.03. The standard InChI is InChI=1S/C17H15ClF2N2O3S/c18-11-3-6-13(7-4-11)26(24,25)22-9-1-2-16(22)17(23)21-12-5-8-14(19)15(20)10-12/h3-8,10,16H,1-2,9H2,(H,21,23)/t16-/m0/s1.